The van der Waals surface area contributed by atoms with Gasteiger partial charge in [0.1, 0.15) is 11.6 Å². The molecule has 0 unspecified atom stereocenters. The number of nitrogens with zero attached hydrogens (tertiary/aromatic N) is 1. The summed E-state index contributed by atoms with van der Waals surface area (Å²) in [5.41, 5.74) is 0.0729. The van der Waals surface area contributed by atoms with Gasteiger partial charge in [-0.3, -0.25) is 4.79 Å². The van der Waals surface area contributed by atoms with Crippen molar-refractivity contribution >= 4 is 12.0 Å². The van der Waals surface area contributed by atoms with Gasteiger partial charge in [-0.2, -0.15) is 0 Å². The summed E-state index contributed by atoms with van der Waals surface area (Å²) >= 11 is 0. The Bertz CT molecular complexity index is 511. The van der Waals surface area contributed by atoms with Crippen molar-refractivity contribution < 1.29 is 19.1 Å². The molecular formula is C17H26N2O4. The molecule has 0 aromatic heterocycles. The average molecular weight is 322 g/mol. The van der Waals surface area contributed by atoms with Crippen molar-refractivity contribution in [3.63, 3.8) is 0 Å². The second kappa shape index (κ2) is 8.53. The molecule has 6 heteroatoms. The van der Waals surface area contributed by atoms with Crippen molar-refractivity contribution in [3.05, 3.63) is 35.9 Å². The Morgan fingerprint density at radius 2 is 1.83 bits per heavy atom. The minimum Gasteiger partial charge on any atom is -0.444 e. The summed E-state index contributed by atoms with van der Waals surface area (Å²) in [6.07, 6.45) is -0.625. The van der Waals surface area contributed by atoms with Crippen LogP contribution in [0.5, 0.6) is 0 Å². The molecule has 1 N–H and O–H groups in total. The summed E-state index contributed by atoms with van der Waals surface area (Å²) in [7, 11) is 3.25. The van der Waals surface area contributed by atoms with Crippen LogP contribution in [0.4, 0.5) is 4.79 Å². The summed E-state index contributed by atoms with van der Waals surface area (Å²) < 4.78 is 10.2. The van der Waals surface area contributed by atoms with Crippen molar-refractivity contribution in [3.8, 4) is 0 Å². The van der Waals surface area contributed by atoms with E-state index >= 15 is 0 Å². The Labute approximate surface area is 137 Å². The second-order valence-corrected chi connectivity index (χ2v) is 6.24. The number of benzene rings is 1. The fraction of sp³-hybridized carbons (Fsp3) is 0.529. The van der Waals surface area contributed by atoms with Gasteiger partial charge in [0.25, 0.3) is 0 Å². The van der Waals surface area contributed by atoms with Crippen LogP contribution in [0.15, 0.2) is 30.3 Å². The molecule has 0 heterocycles. The minimum atomic E-state index is -0.798. The largest absolute Gasteiger partial charge is 0.444 e. The molecule has 0 aliphatic rings. The van der Waals surface area contributed by atoms with Gasteiger partial charge < -0.3 is 19.7 Å². The molecule has 1 aromatic carbocycles. The highest BCUT2D eigenvalue weighted by Crippen LogP contribution is 2.17. The van der Waals surface area contributed by atoms with Crippen LogP contribution in [0.25, 0.3) is 0 Å². The Kier molecular flexibility index (Phi) is 7.03. The van der Waals surface area contributed by atoms with Crippen LogP contribution in [-0.2, 0) is 14.3 Å². The quantitative estimate of drug-likeness (QED) is 0.873. The smallest absolute Gasteiger partial charge is 0.408 e. The maximum Gasteiger partial charge on any atom is 0.408 e. The normalized spacial score (nSPS) is 12.4. The standard InChI is InChI=1S/C17H26N2O4/c1-17(2,3)23-16(21)18-14(13-9-7-6-8-10-13)15(20)19(4)11-12-22-5/h6-10,14H,11-12H2,1-5H3,(H,18,21)/t14-/m1/s1. The van der Waals surface area contributed by atoms with E-state index in [0.717, 1.165) is 0 Å². The van der Waals surface area contributed by atoms with Crippen LogP contribution in [-0.4, -0.2) is 49.8 Å². The third-order valence-electron chi connectivity index (χ3n) is 3.05. The number of amides is 2. The minimum absolute atomic E-state index is 0.223. The first kappa shape index (κ1) is 19.0. The molecule has 0 bridgehead atoms. The zero-order valence-electron chi connectivity index (χ0n) is 14.5. The monoisotopic (exact) mass is 322 g/mol. The van der Waals surface area contributed by atoms with Gasteiger partial charge in [-0.25, -0.2) is 4.79 Å². The van der Waals surface area contributed by atoms with Crippen molar-refractivity contribution in [1.82, 2.24) is 10.2 Å². The molecular weight excluding hydrogens is 296 g/mol. The number of carbonyl (C=O) groups is 2. The van der Waals surface area contributed by atoms with E-state index in [9.17, 15) is 9.59 Å². The number of hydrogen-bond acceptors (Lipinski definition) is 4. The van der Waals surface area contributed by atoms with E-state index in [1.165, 1.54) is 4.90 Å². The summed E-state index contributed by atoms with van der Waals surface area (Å²) in [4.78, 5) is 26.2. The molecule has 1 aromatic rings. The number of likely N-dealkylation sites (N-methyl/N-ethyl adjacent to an activating group) is 1. The fourth-order valence-corrected chi connectivity index (χ4v) is 1.92. The first-order valence-electron chi connectivity index (χ1n) is 7.53. The second-order valence-electron chi connectivity index (χ2n) is 6.24. The molecule has 1 atom stereocenters. The Hall–Kier alpha value is -2.08. The molecule has 0 fully saturated rings. The van der Waals surface area contributed by atoms with E-state index in [-0.39, 0.29) is 5.91 Å². The molecule has 0 radical (unpaired) electrons. The number of carbonyl (C=O) groups excluding carboxylic acids is 2. The van der Waals surface area contributed by atoms with Gasteiger partial charge in [0.15, 0.2) is 0 Å². The van der Waals surface area contributed by atoms with Crippen molar-refractivity contribution in [2.24, 2.45) is 0 Å². The van der Waals surface area contributed by atoms with Gasteiger partial charge in [0, 0.05) is 20.7 Å². The van der Waals surface area contributed by atoms with Gasteiger partial charge in [-0.15, -0.1) is 0 Å². The maximum atomic E-state index is 12.7. The zero-order valence-corrected chi connectivity index (χ0v) is 14.5. The molecule has 0 saturated carbocycles. The molecule has 0 aliphatic heterocycles. The lowest BCUT2D eigenvalue weighted by molar-refractivity contribution is -0.132. The molecule has 1 rings (SSSR count). The molecule has 128 valence electrons. The molecule has 0 saturated heterocycles. The van der Waals surface area contributed by atoms with Crippen molar-refractivity contribution in [2.45, 2.75) is 32.4 Å². The van der Waals surface area contributed by atoms with Crippen molar-refractivity contribution in [2.75, 3.05) is 27.3 Å². The van der Waals surface area contributed by atoms with Gasteiger partial charge >= 0.3 is 6.09 Å². The van der Waals surface area contributed by atoms with E-state index in [2.05, 4.69) is 5.32 Å². The van der Waals surface area contributed by atoms with Gasteiger partial charge in [0.05, 0.1) is 6.61 Å². The van der Waals surface area contributed by atoms with Crippen LogP contribution in [0.2, 0.25) is 0 Å². The highest BCUT2D eigenvalue weighted by molar-refractivity contribution is 5.86. The predicted octanol–water partition coefficient (Wildman–Crippen LogP) is 2.36. The number of hydrogen-bond donors (Lipinski definition) is 1. The number of methoxy groups -OCH3 is 1. The van der Waals surface area contributed by atoms with E-state index in [0.29, 0.717) is 18.7 Å². The van der Waals surface area contributed by atoms with Gasteiger partial charge in [-0.1, -0.05) is 30.3 Å². The molecule has 6 nitrogen and oxygen atoms in total. The summed E-state index contributed by atoms with van der Waals surface area (Å²) in [5, 5.41) is 2.65. The fourth-order valence-electron chi connectivity index (χ4n) is 1.92. The highest BCUT2D eigenvalue weighted by Gasteiger charge is 2.27. The van der Waals surface area contributed by atoms with Gasteiger partial charge in [0.2, 0.25) is 5.91 Å². The number of alkyl carbamates (subject to hydrolysis) is 1. The van der Waals surface area contributed by atoms with Crippen LogP contribution < -0.4 is 5.32 Å². The lowest BCUT2D eigenvalue weighted by Gasteiger charge is -2.26. The number of rotatable bonds is 6. The average Bonchev–Trinajstić information content (AvgIpc) is 2.48. The van der Waals surface area contributed by atoms with E-state index in [4.69, 9.17) is 9.47 Å². The molecule has 2 amide bonds. The maximum absolute atomic E-state index is 12.7. The highest BCUT2D eigenvalue weighted by atomic mass is 16.6. The van der Waals surface area contributed by atoms with Crippen LogP contribution in [0, 0.1) is 0 Å². The Morgan fingerprint density at radius 1 is 1.22 bits per heavy atom. The van der Waals surface area contributed by atoms with E-state index < -0.39 is 17.7 Å². The number of ether oxygens (including phenoxy) is 2. The SMILES string of the molecule is COCCN(C)C(=O)[C@H](NC(=O)OC(C)(C)C)c1ccccc1. The molecule has 0 spiro atoms. The molecule has 23 heavy (non-hydrogen) atoms. The Balaban J connectivity index is 2.90. The summed E-state index contributed by atoms with van der Waals surface area (Å²) in [6, 6.07) is 8.29. The summed E-state index contributed by atoms with van der Waals surface area (Å²) in [5.74, 6) is -0.223. The third kappa shape index (κ3) is 6.69. The first-order chi connectivity index (χ1) is 10.7. The zero-order chi connectivity index (χ0) is 17.5. The van der Waals surface area contributed by atoms with Gasteiger partial charge in [-0.05, 0) is 26.3 Å². The lowest BCUT2D eigenvalue weighted by Crippen LogP contribution is -2.44. The summed E-state index contributed by atoms with van der Waals surface area (Å²) in [6.45, 7) is 6.19. The first-order valence-corrected chi connectivity index (χ1v) is 7.53. The number of nitrogens with one attached hydrogen (secondary N) is 1. The van der Waals surface area contributed by atoms with E-state index in [1.54, 1.807) is 47.1 Å². The third-order valence-corrected chi connectivity index (χ3v) is 3.05. The van der Waals surface area contributed by atoms with Crippen LogP contribution in [0.1, 0.15) is 32.4 Å². The topological polar surface area (TPSA) is 67.9 Å². The van der Waals surface area contributed by atoms with Crippen LogP contribution >= 0.6 is 0 Å². The van der Waals surface area contributed by atoms with E-state index in [1.807, 2.05) is 18.2 Å². The Morgan fingerprint density at radius 3 is 2.35 bits per heavy atom. The lowest BCUT2D eigenvalue weighted by atomic mass is 10.1. The van der Waals surface area contributed by atoms with Crippen molar-refractivity contribution in [1.29, 1.82) is 0 Å². The van der Waals surface area contributed by atoms with Crippen LogP contribution in [0.3, 0.4) is 0 Å². The predicted molar refractivity (Wildman–Crippen MR) is 88.1 cm³/mol. The molecule has 0 aliphatic carbocycles.